The van der Waals surface area contributed by atoms with Crippen LogP contribution in [0.2, 0.25) is 0 Å². The van der Waals surface area contributed by atoms with Crippen LogP contribution in [0.1, 0.15) is 62.9 Å². The van der Waals surface area contributed by atoms with Crippen molar-refractivity contribution < 1.29 is 18.9 Å². The third kappa shape index (κ3) is 7.96. The zero-order valence-electron chi connectivity index (χ0n) is 20.9. The maximum atomic E-state index is 12.6. The van der Waals surface area contributed by atoms with Gasteiger partial charge in [0.15, 0.2) is 5.76 Å². The molecule has 0 saturated carbocycles. The monoisotopic (exact) mass is 495 g/mol. The number of aromatic nitrogens is 2. The van der Waals surface area contributed by atoms with E-state index in [0.717, 1.165) is 26.5 Å². The van der Waals surface area contributed by atoms with Gasteiger partial charge in [-0.3, -0.25) is 4.79 Å². The SMILES string of the molecule is C=O.C=O.CC.CC(C)c1cc(CNC(=O)C(C)c2nc3ccc(-c4ccccc4)cc3s2)on1. The summed E-state index contributed by atoms with van der Waals surface area (Å²) in [6.45, 7) is 14.3. The van der Waals surface area contributed by atoms with Crippen molar-refractivity contribution in [1.29, 1.82) is 0 Å². The highest BCUT2D eigenvalue weighted by molar-refractivity contribution is 7.18. The lowest BCUT2D eigenvalue weighted by Gasteiger charge is -2.08. The first-order valence-corrected chi connectivity index (χ1v) is 12.1. The molecular weight excluding hydrogens is 462 g/mol. The van der Waals surface area contributed by atoms with Gasteiger partial charge in [-0.1, -0.05) is 69.2 Å². The van der Waals surface area contributed by atoms with Crippen LogP contribution in [0.5, 0.6) is 0 Å². The predicted molar refractivity (Wildman–Crippen MR) is 141 cm³/mol. The van der Waals surface area contributed by atoms with Crippen LogP contribution in [0.4, 0.5) is 0 Å². The van der Waals surface area contributed by atoms with E-state index in [4.69, 9.17) is 14.1 Å². The number of amides is 1. The van der Waals surface area contributed by atoms with Crippen molar-refractivity contribution in [1.82, 2.24) is 15.5 Å². The molecule has 1 atom stereocenters. The van der Waals surface area contributed by atoms with E-state index in [1.165, 1.54) is 5.56 Å². The van der Waals surface area contributed by atoms with Gasteiger partial charge in [0.1, 0.15) is 18.6 Å². The predicted octanol–water partition coefficient (Wildman–Crippen LogP) is 6.15. The molecule has 2 aromatic heterocycles. The summed E-state index contributed by atoms with van der Waals surface area (Å²) in [4.78, 5) is 33.3. The van der Waals surface area contributed by atoms with E-state index in [9.17, 15) is 4.79 Å². The highest BCUT2D eigenvalue weighted by Gasteiger charge is 2.20. The van der Waals surface area contributed by atoms with Crippen molar-refractivity contribution in [2.45, 2.75) is 53.0 Å². The van der Waals surface area contributed by atoms with Crippen LogP contribution in [-0.2, 0) is 20.9 Å². The van der Waals surface area contributed by atoms with Crippen molar-refractivity contribution in [2.24, 2.45) is 0 Å². The molecule has 35 heavy (non-hydrogen) atoms. The molecule has 7 nitrogen and oxygen atoms in total. The summed E-state index contributed by atoms with van der Waals surface area (Å²) in [7, 11) is 0. The van der Waals surface area contributed by atoms with Crippen molar-refractivity contribution >= 4 is 41.0 Å². The Balaban J connectivity index is 0.000000949. The molecule has 2 aromatic carbocycles. The molecule has 8 heteroatoms. The number of carbonyl (C=O) groups excluding carboxylic acids is 3. The lowest BCUT2D eigenvalue weighted by Crippen LogP contribution is -2.27. The fraction of sp³-hybridized carbons (Fsp3) is 0.296. The molecule has 0 spiro atoms. The zero-order chi connectivity index (χ0) is 26.4. The molecule has 1 N–H and O–H groups in total. The minimum Gasteiger partial charge on any atom is -0.359 e. The number of rotatable bonds is 6. The second kappa shape index (κ2) is 15.3. The summed E-state index contributed by atoms with van der Waals surface area (Å²) >= 11 is 1.56. The average molecular weight is 496 g/mol. The average Bonchev–Trinajstić information content (AvgIpc) is 3.58. The summed E-state index contributed by atoms with van der Waals surface area (Å²) in [6.07, 6.45) is 0. The minimum atomic E-state index is -0.333. The Morgan fingerprint density at radius 3 is 2.23 bits per heavy atom. The largest absolute Gasteiger partial charge is 0.359 e. The molecule has 0 aliphatic heterocycles. The summed E-state index contributed by atoms with van der Waals surface area (Å²) in [5.41, 5.74) is 4.13. The maximum Gasteiger partial charge on any atom is 0.230 e. The Morgan fingerprint density at radius 1 is 0.971 bits per heavy atom. The third-order valence-corrected chi connectivity index (χ3v) is 6.08. The molecule has 186 valence electrons. The van der Waals surface area contributed by atoms with E-state index in [1.54, 1.807) is 11.3 Å². The molecule has 0 radical (unpaired) electrons. The van der Waals surface area contributed by atoms with Crippen LogP contribution in [0.25, 0.3) is 21.3 Å². The van der Waals surface area contributed by atoms with Crippen molar-refractivity contribution in [2.75, 3.05) is 0 Å². The van der Waals surface area contributed by atoms with Gasteiger partial charge in [-0.25, -0.2) is 4.98 Å². The fourth-order valence-electron chi connectivity index (χ4n) is 3.06. The summed E-state index contributed by atoms with van der Waals surface area (Å²) in [6, 6.07) is 18.4. The van der Waals surface area contributed by atoms with E-state index < -0.39 is 0 Å². The first kappa shape index (κ1) is 29.4. The van der Waals surface area contributed by atoms with Gasteiger partial charge in [-0.2, -0.15) is 0 Å². The van der Waals surface area contributed by atoms with Gasteiger partial charge >= 0.3 is 0 Å². The molecule has 0 bridgehead atoms. The van der Waals surface area contributed by atoms with E-state index >= 15 is 0 Å². The number of hydrogen-bond acceptors (Lipinski definition) is 7. The summed E-state index contributed by atoms with van der Waals surface area (Å²) in [5.74, 6) is 0.548. The number of nitrogens with zero attached hydrogens (tertiary/aromatic N) is 2. The van der Waals surface area contributed by atoms with Crippen LogP contribution in [-0.4, -0.2) is 29.6 Å². The van der Waals surface area contributed by atoms with E-state index in [2.05, 4.69) is 53.6 Å². The minimum absolute atomic E-state index is 0.0742. The Kier molecular flexibility index (Phi) is 12.8. The van der Waals surface area contributed by atoms with Crippen molar-refractivity contribution in [3.05, 3.63) is 71.1 Å². The molecule has 4 rings (SSSR count). The Hall–Kier alpha value is -3.65. The Morgan fingerprint density at radius 2 is 1.63 bits per heavy atom. The van der Waals surface area contributed by atoms with Gasteiger partial charge in [0, 0.05) is 6.07 Å². The van der Waals surface area contributed by atoms with E-state index in [0.29, 0.717) is 18.2 Å². The summed E-state index contributed by atoms with van der Waals surface area (Å²) in [5, 5.41) is 7.76. The van der Waals surface area contributed by atoms with Gasteiger partial charge < -0.3 is 19.4 Å². The number of nitrogens with one attached hydrogen (secondary N) is 1. The normalized spacial score (nSPS) is 10.7. The quantitative estimate of drug-likeness (QED) is 0.344. The van der Waals surface area contributed by atoms with Gasteiger partial charge in [0.25, 0.3) is 0 Å². The maximum absolute atomic E-state index is 12.6. The van der Waals surface area contributed by atoms with Crippen LogP contribution in [0.3, 0.4) is 0 Å². The molecular formula is C27H33N3O4S. The first-order valence-electron chi connectivity index (χ1n) is 11.3. The van der Waals surface area contributed by atoms with E-state index in [-0.39, 0.29) is 11.8 Å². The number of thiazole rings is 1. The standard InChI is InChI=1S/C23H23N3O2S.C2H6.2CH2O/c1-14(2)20-12-18(28-26-20)13-24-22(27)15(3)23-25-19-10-9-17(11-21(19)29-23)16-7-5-4-6-8-16;3*1-2/h4-12,14-15H,13H2,1-3H3,(H,24,27);1-2H3;2*1H2. The molecule has 0 fully saturated rings. The molecule has 1 unspecified atom stereocenters. The smallest absolute Gasteiger partial charge is 0.230 e. The number of benzene rings is 2. The molecule has 0 aliphatic rings. The summed E-state index contributed by atoms with van der Waals surface area (Å²) < 4.78 is 6.37. The molecule has 2 heterocycles. The Labute approximate surface area is 210 Å². The van der Waals surface area contributed by atoms with Crippen molar-refractivity contribution in [3.8, 4) is 11.1 Å². The van der Waals surface area contributed by atoms with Crippen LogP contribution < -0.4 is 5.32 Å². The highest BCUT2D eigenvalue weighted by Crippen LogP contribution is 2.31. The Bertz CT molecular complexity index is 1170. The van der Waals surface area contributed by atoms with Crippen LogP contribution in [0.15, 0.2) is 59.1 Å². The second-order valence-corrected chi connectivity index (χ2v) is 8.48. The number of fused-ring (bicyclic) bond motifs is 1. The molecule has 0 aliphatic carbocycles. The number of carbonyl (C=O) groups is 3. The van der Waals surface area contributed by atoms with Gasteiger partial charge in [-0.15, -0.1) is 11.3 Å². The lowest BCUT2D eigenvalue weighted by atomic mass is 10.1. The highest BCUT2D eigenvalue weighted by atomic mass is 32.1. The fourth-order valence-corrected chi connectivity index (χ4v) is 4.12. The van der Waals surface area contributed by atoms with Crippen LogP contribution >= 0.6 is 11.3 Å². The molecule has 4 aromatic rings. The zero-order valence-corrected chi connectivity index (χ0v) is 21.7. The molecule has 0 saturated heterocycles. The van der Waals surface area contributed by atoms with E-state index in [1.807, 2.05) is 64.7 Å². The number of hydrogen-bond donors (Lipinski definition) is 1. The first-order chi connectivity index (χ1) is 17.0. The second-order valence-electron chi connectivity index (χ2n) is 7.41. The van der Waals surface area contributed by atoms with Gasteiger partial charge in [-0.05, 0) is 36.1 Å². The topological polar surface area (TPSA) is 102 Å². The molecule has 1 amide bonds. The van der Waals surface area contributed by atoms with Gasteiger partial charge in [0.2, 0.25) is 5.91 Å². The van der Waals surface area contributed by atoms with Crippen molar-refractivity contribution in [3.63, 3.8) is 0 Å². The lowest BCUT2D eigenvalue weighted by molar-refractivity contribution is -0.122. The van der Waals surface area contributed by atoms with Crippen LogP contribution in [0, 0.1) is 0 Å². The van der Waals surface area contributed by atoms with Gasteiger partial charge in [0.05, 0.1) is 28.4 Å². The third-order valence-electron chi connectivity index (χ3n) is 4.88.